The number of rotatable bonds is 11. The van der Waals surface area contributed by atoms with Crippen LogP contribution in [0.15, 0.2) is 60.8 Å². The highest BCUT2D eigenvalue weighted by Crippen LogP contribution is 2.25. The van der Waals surface area contributed by atoms with Crippen LogP contribution in [0.3, 0.4) is 0 Å². The van der Waals surface area contributed by atoms with Crippen molar-refractivity contribution >= 4 is 5.91 Å². The van der Waals surface area contributed by atoms with Crippen molar-refractivity contribution in [3.05, 3.63) is 71.9 Å². The molecule has 6 nitrogen and oxygen atoms in total. The largest absolute Gasteiger partial charge is 0.356 e. The fraction of sp³-hybridized carbons (Fsp3) is 0.448. The van der Waals surface area contributed by atoms with Crippen molar-refractivity contribution in [2.45, 2.75) is 39.5 Å². The topological polar surface area (TPSA) is 53.4 Å². The van der Waals surface area contributed by atoms with Crippen LogP contribution in [0.4, 0.5) is 0 Å². The minimum absolute atomic E-state index is 0.111. The third-order valence-corrected chi connectivity index (χ3v) is 6.74. The van der Waals surface area contributed by atoms with Gasteiger partial charge in [-0.3, -0.25) is 4.79 Å². The van der Waals surface area contributed by atoms with E-state index >= 15 is 0 Å². The Labute approximate surface area is 209 Å². The summed E-state index contributed by atoms with van der Waals surface area (Å²) in [6.07, 6.45) is 5.43. The molecular weight excluding hydrogens is 434 g/mol. The maximum atomic E-state index is 12.6. The predicted octanol–water partition coefficient (Wildman–Crippen LogP) is 4.31. The molecule has 0 saturated carbocycles. The first-order valence-electron chi connectivity index (χ1n) is 13.0. The van der Waals surface area contributed by atoms with Gasteiger partial charge in [0.15, 0.2) is 0 Å². The maximum absolute atomic E-state index is 12.6. The van der Waals surface area contributed by atoms with Crippen LogP contribution in [0, 0.1) is 6.92 Å². The lowest BCUT2D eigenvalue weighted by molar-refractivity contribution is -0.121. The number of hydrogen-bond donors (Lipinski definition) is 1. The number of carbonyl (C=O) groups is 1. The smallest absolute Gasteiger partial charge is 0.220 e. The van der Waals surface area contributed by atoms with Gasteiger partial charge in [-0.2, -0.15) is 5.10 Å². The van der Waals surface area contributed by atoms with Gasteiger partial charge in [-0.15, -0.1) is 0 Å². The van der Waals surface area contributed by atoms with Crippen molar-refractivity contribution in [3.8, 4) is 16.9 Å². The van der Waals surface area contributed by atoms with Crippen molar-refractivity contribution in [1.29, 1.82) is 0 Å². The molecule has 186 valence electrons. The molecule has 1 aliphatic rings. The number of hydrogen-bond acceptors (Lipinski definition) is 4. The zero-order valence-electron chi connectivity index (χ0n) is 21.2. The Balaban J connectivity index is 1.28. The molecule has 0 unspecified atom stereocenters. The fourth-order valence-electron chi connectivity index (χ4n) is 4.68. The summed E-state index contributed by atoms with van der Waals surface area (Å²) in [5.41, 5.74) is 5.37. The van der Waals surface area contributed by atoms with E-state index in [2.05, 4.69) is 59.4 Å². The summed E-state index contributed by atoms with van der Waals surface area (Å²) in [5, 5.41) is 8.00. The number of nitrogens with zero attached hydrogens (tertiary/aromatic N) is 4. The zero-order chi connectivity index (χ0) is 24.5. The molecule has 3 aromatic rings. The lowest BCUT2D eigenvalue weighted by atomic mass is 10.0. The maximum Gasteiger partial charge on any atom is 0.220 e. The minimum Gasteiger partial charge on any atom is -0.356 e. The number of aromatic nitrogens is 2. The van der Waals surface area contributed by atoms with Crippen LogP contribution in [-0.4, -0.2) is 71.3 Å². The van der Waals surface area contributed by atoms with Gasteiger partial charge in [0.2, 0.25) is 5.91 Å². The van der Waals surface area contributed by atoms with E-state index in [9.17, 15) is 4.79 Å². The quantitative estimate of drug-likeness (QED) is 0.422. The van der Waals surface area contributed by atoms with E-state index in [1.54, 1.807) is 0 Å². The molecule has 4 rings (SSSR count). The molecule has 0 atom stereocenters. The third kappa shape index (κ3) is 7.26. The zero-order valence-corrected chi connectivity index (χ0v) is 21.2. The lowest BCUT2D eigenvalue weighted by Crippen LogP contribution is -2.47. The van der Waals surface area contributed by atoms with Crippen molar-refractivity contribution < 1.29 is 4.79 Å². The summed E-state index contributed by atoms with van der Waals surface area (Å²) in [7, 11) is 0. The Kier molecular flexibility index (Phi) is 9.09. The molecule has 1 aromatic heterocycles. The molecule has 1 N–H and O–H groups in total. The van der Waals surface area contributed by atoms with Crippen LogP contribution in [-0.2, 0) is 11.2 Å². The number of para-hydroxylation sites is 1. The van der Waals surface area contributed by atoms with Crippen molar-refractivity contribution in [2.75, 3.05) is 45.8 Å². The molecular formula is C29H39N5O. The number of aryl methyl sites for hydroxylation is 2. The summed E-state index contributed by atoms with van der Waals surface area (Å²) in [4.78, 5) is 17.7. The molecule has 0 radical (unpaired) electrons. The van der Waals surface area contributed by atoms with Gasteiger partial charge in [-0.1, -0.05) is 55.0 Å². The molecule has 1 saturated heterocycles. The van der Waals surface area contributed by atoms with Gasteiger partial charge >= 0.3 is 0 Å². The summed E-state index contributed by atoms with van der Waals surface area (Å²) >= 11 is 0. The van der Waals surface area contributed by atoms with Crippen LogP contribution in [0.25, 0.3) is 16.9 Å². The van der Waals surface area contributed by atoms with Crippen LogP contribution >= 0.6 is 0 Å². The third-order valence-electron chi connectivity index (χ3n) is 6.74. The Hall–Kier alpha value is -2.96. The van der Waals surface area contributed by atoms with Crippen molar-refractivity contribution in [1.82, 2.24) is 24.9 Å². The van der Waals surface area contributed by atoms with E-state index in [1.165, 1.54) is 31.6 Å². The van der Waals surface area contributed by atoms with Crippen LogP contribution < -0.4 is 5.32 Å². The fourth-order valence-corrected chi connectivity index (χ4v) is 4.68. The van der Waals surface area contributed by atoms with Crippen LogP contribution in [0.2, 0.25) is 0 Å². The minimum atomic E-state index is 0.111. The van der Waals surface area contributed by atoms with Gasteiger partial charge in [-0.05, 0) is 57.0 Å². The van der Waals surface area contributed by atoms with E-state index in [-0.39, 0.29) is 5.91 Å². The van der Waals surface area contributed by atoms with Gasteiger partial charge in [0.1, 0.15) is 0 Å². The Morgan fingerprint density at radius 1 is 0.943 bits per heavy atom. The second kappa shape index (κ2) is 12.7. The van der Waals surface area contributed by atoms with Crippen LogP contribution in [0.5, 0.6) is 0 Å². The van der Waals surface area contributed by atoms with Crippen molar-refractivity contribution in [2.24, 2.45) is 0 Å². The molecule has 6 heteroatoms. The second-order valence-corrected chi connectivity index (χ2v) is 9.54. The average molecular weight is 474 g/mol. The molecule has 0 spiro atoms. The number of nitrogens with one attached hydrogen (secondary N) is 1. The SMILES string of the molecule is CCCN1CCN(CCCNC(=O)CCc2cn(-c3ccccc3)nc2-c2ccc(C)cc2)CC1. The molecule has 0 bridgehead atoms. The number of carbonyl (C=O) groups excluding carboxylic acids is 1. The Morgan fingerprint density at radius 2 is 1.63 bits per heavy atom. The van der Waals surface area contributed by atoms with Gasteiger partial charge in [0.25, 0.3) is 0 Å². The molecule has 2 aromatic carbocycles. The van der Waals surface area contributed by atoms with Crippen LogP contribution in [0.1, 0.15) is 37.3 Å². The summed E-state index contributed by atoms with van der Waals surface area (Å²) in [5.74, 6) is 0.111. The van der Waals surface area contributed by atoms with E-state index < -0.39 is 0 Å². The standard InChI is InChI=1S/C29H39N5O/c1-3-17-32-19-21-33(22-20-32)18-7-16-30-28(35)15-14-26-23-34(27-8-5-4-6-9-27)31-29(26)25-12-10-24(2)11-13-25/h4-6,8-13,23H,3,7,14-22H2,1-2H3,(H,30,35). The molecule has 1 aliphatic heterocycles. The monoisotopic (exact) mass is 473 g/mol. The summed E-state index contributed by atoms with van der Waals surface area (Å²) < 4.78 is 1.92. The first kappa shape index (κ1) is 25.1. The van der Waals surface area contributed by atoms with Gasteiger partial charge in [-0.25, -0.2) is 4.68 Å². The number of piperazine rings is 1. The summed E-state index contributed by atoms with van der Waals surface area (Å²) in [6.45, 7) is 11.9. The molecule has 0 aliphatic carbocycles. The van der Waals surface area contributed by atoms with E-state index in [1.807, 2.05) is 35.0 Å². The summed E-state index contributed by atoms with van der Waals surface area (Å²) in [6, 6.07) is 18.6. The van der Waals surface area contributed by atoms with E-state index in [0.29, 0.717) is 12.8 Å². The number of benzene rings is 2. The Bertz CT molecular complexity index is 1050. The van der Waals surface area contributed by atoms with Gasteiger partial charge in [0, 0.05) is 50.9 Å². The molecule has 1 amide bonds. The number of amides is 1. The highest BCUT2D eigenvalue weighted by atomic mass is 16.1. The lowest BCUT2D eigenvalue weighted by Gasteiger charge is -2.34. The highest BCUT2D eigenvalue weighted by Gasteiger charge is 2.16. The molecule has 1 fully saturated rings. The first-order chi connectivity index (χ1) is 17.1. The van der Waals surface area contributed by atoms with Gasteiger partial charge in [0.05, 0.1) is 11.4 Å². The average Bonchev–Trinajstić information content (AvgIpc) is 3.32. The van der Waals surface area contributed by atoms with E-state index in [4.69, 9.17) is 5.10 Å². The Morgan fingerprint density at radius 3 is 2.31 bits per heavy atom. The predicted molar refractivity (Wildman–Crippen MR) is 143 cm³/mol. The molecule has 2 heterocycles. The first-order valence-corrected chi connectivity index (χ1v) is 13.0. The molecule has 35 heavy (non-hydrogen) atoms. The van der Waals surface area contributed by atoms with Gasteiger partial charge < -0.3 is 15.1 Å². The van der Waals surface area contributed by atoms with E-state index in [0.717, 1.165) is 55.1 Å². The second-order valence-electron chi connectivity index (χ2n) is 9.54. The normalized spacial score (nSPS) is 14.8. The van der Waals surface area contributed by atoms with Crippen molar-refractivity contribution in [3.63, 3.8) is 0 Å². The highest BCUT2D eigenvalue weighted by molar-refractivity contribution is 5.76.